The van der Waals surface area contributed by atoms with Crippen LogP contribution in [-0.2, 0) is 6.42 Å². The second kappa shape index (κ2) is 6.15. The van der Waals surface area contributed by atoms with E-state index in [1.807, 2.05) is 0 Å². The molecule has 0 bridgehead atoms. The molecule has 1 saturated heterocycles. The van der Waals surface area contributed by atoms with Crippen LogP contribution in [0, 0.1) is 0 Å². The van der Waals surface area contributed by atoms with Gasteiger partial charge in [0.05, 0.1) is 0 Å². The number of thiophene rings is 1. The predicted molar refractivity (Wildman–Crippen MR) is 78.6 cm³/mol. The first-order chi connectivity index (χ1) is 8.70. The van der Waals surface area contributed by atoms with Crippen LogP contribution in [0.1, 0.15) is 38.7 Å². The summed E-state index contributed by atoms with van der Waals surface area (Å²) in [6.07, 6.45) is 4.80. The summed E-state index contributed by atoms with van der Waals surface area (Å²) in [7, 11) is 0. The van der Waals surface area contributed by atoms with Gasteiger partial charge < -0.3 is 0 Å². The SMILES string of the molecule is CCC(C)(C(Cc1ccsc1)NN)N1CCCC1. The van der Waals surface area contributed by atoms with Gasteiger partial charge in [0, 0.05) is 11.6 Å². The number of hydrazine groups is 1. The summed E-state index contributed by atoms with van der Waals surface area (Å²) in [5.41, 5.74) is 4.62. The highest BCUT2D eigenvalue weighted by molar-refractivity contribution is 7.07. The van der Waals surface area contributed by atoms with Crippen molar-refractivity contribution in [3.63, 3.8) is 0 Å². The van der Waals surface area contributed by atoms with Crippen molar-refractivity contribution in [3.8, 4) is 0 Å². The fraction of sp³-hybridized carbons (Fsp3) is 0.714. The molecule has 0 radical (unpaired) electrons. The van der Waals surface area contributed by atoms with Gasteiger partial charge in [0.2, 0.25) is 0 Å². The molecule has 0 aliphatic carbocycles. The molecule has 102 valence electrons. The van der Waals surface area contributed by atoms with Gasteiger partial charge in [-0.25, -0.2) is 0 Å². The van der Waals surface area contributed by atoms with Crippen LogP contribution in [0.2, 0.25) is 0 Å². The van der Waals surface area contributed by atoms with E-state index in [0.717, 1.165) is 12.8 Å². The molecular weight excluding hydrogens is 242 g/mol. The van der Waals surface area contributed by atoms with Crippen LogP contribution in [0.15, 0.2) is 16.8 Å². The summed E-state index contributed by atoms with van der Waals surface area (Å²) in [5.74, 6) is 5.85. The Bertz CT molecular complexity index is 346. The normalized spacial score (nSPS) is 21.9. The lowest BCUT2D eigenvalue weighted by Gasteiger charge is -2.44. The molecule has 1 aromatic heterocycles. The molecule has 18 heavy (non-hydrogen) atoms. The summed E-state index contributed by atoms with van der Waals surface area (Å²) >= 11 is 1.76. The monoisotopic (exact) mass is 267 g/mol. The number of rotatable bonds is 6. The second-order valence-electron chi connectivity index (χ2n) is 5.46. The Morgan fingerprint density at radius 1 is 1.50 bits per heavy atom. The van der Waals surface area contributed by atoms with Crippen molar-refractivity contribution in [2.24, 2.45) is 5.84 Å². The maximum absolute atomic E-state index is 5.85. The summed E-state index contributed by atoms with van der Waals surface area (Å²) < 4.78 is 0. The minimum absolute atomic E-state index is 0.160. The van der Waals surface area contributed by atoms with Gasteiger partial charge in [-0.2, -0.15) is 11.3 Å². The average molecular weight is 267 g/mol. The number of nitrogens with two attached hydrogens (primary N) is 1. The summed E-state index contributed by atoms with van der Waals surface area (Å²) in [6.45, 7) is 7.06. The van der Waals surface area contributed by atoms with E-state index in [9.17, 15) is 0 Å². The molecule has 2 rings (SSSR count). The number of nitrogens with zero attached hydrogens (tertiary/aromatic N) is 1. The average Bonchev–Trinajstić information content (AvgIpc) is 3.07. The van der Waals surface area contributed by atoms with Gasteiger partial charge in [-0.05, 0) is 68.1 Å². The van der Waals surface area contributed by atoms with Crippen LogP contribution >= 0.6 is 11.3 Å². The molecule has 1 fully saturated rings. The molecule has 2 atom stereocenters. The minimum atomic E-state index is 0.160. The van der Waals surface area contributed by atoms with Crippen molar-refractivity contribution >= 4 is 11.3 Å². The third-order valence-corrected chi connectivity index (χ3v) is 5.25. The third-order valence-electron chi connectivity index (χ3n) is 4.52. The topological polar surface area (TPSA) is 41.3 Å². The lowest BCUT2D eigenvalue weighted by molar-refractivity contribution is 0.0841. The molecule has 4 heteroatoms. The third kappa shape index (κ3) is 2.77. The Labute approximate surface area is 114 Å². The van der Waals surface area contributed by atoms with Crippen LogP contribution in [0.25, 0.3) is 0 Å². The van der Waals surface area contributed by atoms with Crippen molar-refractivity contribution in [2.45, 2.75) is 51.1 Å². The quantitative estimate of drug-likeness (QED) is 0.614. The molecule has 0 amide bonds. The second-order valence-corrected chi connectivity index (χ2v) is 6.24. The summed E-state index contributed by atoms with van der Waals surface area (Å²) in [6, 6.07) is 2.52. The summed E-state index contributed by atoms with van der Waals surface area (Å²) in [5, 5.41) is 4.37. The van der Waals surface area contributed by atoms with Crippen LogP contribution in [-0.4, -0.2) is 29.6 Å². The molecule has 3 N–H and O–H groups in total. The van der Waals surface area contributed by atoms with Crippen LogP contribution in [0.5, 0.6) is 0 Å². The molecule has 3 nitrogen and oxygen atoms in total. The number of nitrogens with one attached hydrogen (secondary N) is 1. The molecular formula is C14H25N3S. The fourth-order valence-electron chi connectivity index (χ4n) is 3.02. The highest BCUT2D eigenvalue weighted by Crippen LogP contribution is 2.29. The van der Waals surface area contributed by atoms with Crippen LogP contribution < -0.4 is 11.3 Å². The smallest absolute Gasteiger partial charge is 0.0432 e. The van der Waals surface area contributed by atoms with Gasteiger partial charge in [0.15, 0.2) is 0 Å². The van der Waals surface area contributed by atoms with Crippen LogP contribution in [0.3, 0.4) is 0 Å². The molecule has 1 aliphatic rings. The number of hydrogen-bond donors (Lipinski definition) is 2. The van der Waals surface area contributed by atoms with Crippen molar-refractivity contribution in [1.29, 1.82) is 0 Å². The van der Waals surface area contributed by atoms with E-state index in [1.54, 1.807) is 11.3 Å². The lowest BCUT2D eigenvalue weighted by Crippen LogP contribution is -2.61. The van der Waals surface area contributed by atoms with Crippen molar-refractivity contribution in [3.05, 3.63) is 22.4 Å². The maximum atomic E-state index is 5.85. The van der Waals surface area contributed by atoms with Gasteiger partial charge in [-0.1, -0.05) is 6.92 Å². The van der Waals surface area contributed by atoms with E-state index in [1.165, 1.54) is 31.5 Å². The fourth-order valence-corrected chi connectivity index (χ4v) is 3.70. The lowest BCUT2D eigenvalue weighted by atomic mass is 9.84. The molecule has 2 heterocycles. The largest absolute Gasteiger partial charge is 0.296 e. The van der Waals surface area contributed by atoms with E-state index in [-0.39, 0.29) is 5.54 Å². The molecule has 0 aromatic carbocycles. The van der Waals surface area contributed by atoms with Crippen molar-refractivity contribution < 1.29 is 0 Å². The Morgan fingerprint density at radius 2 is 2.22 bits per heavy atom. The molecule has 0 saturated carbocycles. The number of hydrogen-bond acceptors (Lipinski definition) is 4. The summed E-state index contributed by atoms with van der Waals surface area (Å²) in [4.78, 5) is 2.61. The maximum Gasteiger partial charge on any atom is 0.0432 e. The highest BCUT2D eigenvalue weighted by Gasteiger charge is 2.38. The zero-order chi connectivity index (χ0) is 13.0. The van der Waals surface area contributed by atoms with Gasteiger partial charge >= 0.3 is 0 Å². The van der Waals surface area contributed by atoms with E-state index in [0.29, 0.717) is 6.04 Å². The van der Waals surface area contributed by atoms with Crippen molar-refractivity contribution in [1.82, 2.24) is 10.3 Å². The number of likely N-dealkylation sites (tertiary alicyclic amines) is 1. The van der Waals surface area contributed by atoms with Crippen LogP contribution in [0.4, 0.5) is 0 Å². The Kier molecular flexibility index (Phi) is 4.78. The van der Waals surface area contributed by atoms with Gasteiger partial charge in [0.1, 0.15) is 0 Å². The van der Waals surface area contributed by atoms with Gasteiger partial charge in [-0.15, -0.1) is 0 Å². The zero-order valence-electron chi connectivity index (χ0n) is 11.5. The van der Waals surface area contributed by atoms with E-state index in [4.69, 9.17) is 5.84 Å². The standard InChI is InChI=1S/C14H25N3S/c1-3-14(2,17-7-4-5-8-17)13(16-15)10-12-6-9-18-11-12/h6,9,11,13,16H,3-5,7-8,10,15H2,1-2H3. The molecule has 0 spiro atoms. The van der Waals surface area contributed by atoms with E-state index in [2.05, 4.69) is 41.0 Å². The predicted octanol–water partition coefficient (Wildman–Crippen LogP) is 2.39. The first-order valence-electron chi connectivity index (χ1n) is 6.93. The molecule has 2 unspecified atom stereocenters. The molecule has 1 aliphatic heterocycles. The molecule has 1 aromatic rings. The first-order valence-corrected chi connectivity index (χ1v) is 7.87. The Hall–Kier alpha value is -0.420. The minimum Gasteiger partial charge on any atom is -0.296 e. The zero-order valence-corrected chi connectivity index (χ0v) is 12.3. The van der Waals surface area contributed by atoms with E-state index < -0.39 is 0 Å². The van der Waals surface area contributed by atoms with E-state index >= 15 is 0 Å². The van der Waals surface area contributed by atoms with Crippen molar-refractivity contribution in [2.75, 3.05) is 13.1 Å². The highest BCUT2D eigenvalue weighted by atomic mass is 32.1. The first kappa shape index (κ1) is 14.0. The Balaban J connectivity index is 2.11. The Morgan fingerprint density at radius 3 is 2.72 bits per heavy atom. The van der Waals surface area contributed by atoms with Gasteiger partial charge in [-0.3, -0.25) is 16.2 Å². The van der Waals surface area contributed by atoms with Gasteiger partial charge in [0.25, 0.3) is 0 Å².